The Morgan fingerprint density at radius 3 is 1.72 bits per heavy atom. The molecule has 0 aliphatic carbocycles. The first kappa shape index (κ1) is 17.8. The monoisotopic (exact) mass is 408 g/mol. The Labute approximate surface area is 182 Å². The zero-order chi connectivity index (χ0) is 21.8. The van der Waals surface area contributed by atoms with E-state index < -0.39 is 0 Å². The fourth-order valence-electron chi connectivity index (χ4n) is 4.66. The second-order valence-corrected chi connectivity index (χ2v) is 7.48. The third-order valence-electron chi connectivity index (χ3n) is 5.94. The van der Waals surface area contributed by atoms with E-state index in [1.165, 1.54) is 0 Å². The number of fused-ring (bicyclic) bond motifs is 6. The molecule has 32 heavy (non-hydrogen) atoms. The van der Waals surface area contributed by atoms with Crippen LogP contribution in [0.2, 0.25) is 0 Å². The van der Waals surface area contributed by atoms with Crippen LogP contribution in [-0.2, 0) is 0 Å². The molecular weight excluding hydrogens is 396 g/mol. The average molecular weight is 408 g/mol. The number of para-hydroxylation sites is 3. The molecule has 0 atom stereocenters. The number of furan rings is 1. The van der Waals surface area contributed by atoms with Crippen LogP contribution in [0.3, 0.4) is 0 Å². The smallest absolute Gasteiger partial charge is 0.156 e. The van der Waals surface area contributed by atoms with Crippen LogP contribution < -0.4 is 0 Å². The molecule has 0 fully saturated rings. The summed E-state index contributed by atoms with van der Waals surface area (Å²) in [6, 6.07) is 29.7. The van der Waals surface area contributed by atoms with Crippen molar-refractivity contribution in [3.05, 3.63) is 89.5 Å². The second kappa shape index (κ2) is 6.47. The van der Waals surface area contributed by atoms with Gasteiger partial charge in [0.2, 0.25) is 0 Å². The van der Waals surface area contributed by atoms with Crippen molar-refractivity contribution in [1.29, 1.82) is 15.8 Å². The third kappa shape index (κ3) is 2.13. The number of rotatable bonds is 1. The molecule has 0 saturated heterocycles. The number of benzene rings is 4. The summed E-state index contributed by atoms with van der Waals surface area (Å²) >= 11 is 0. The van der Waals surface area contributed by atoms with Crippen LogP contribution in [0, 0.1) is 34.0 Å². The molecule has 0 aliphatic heterocycles. The Balaban J connectivity index is 1.94. The molecule has 6 rings (SSSR count). The highest BCUT2D eigenvalue weighted by Gasteiger charge is 2.27. The SMILES string of the molecule is N#Cc1c(-n2c3ccccc3c3ccccc32)c(C#N)c2oc3ccccc3c2c1C#N. The lowest BCUT2D eigenvalue weighted by Gasteiger charge is -2.13. The van der Waals surface area contributed by atoms with Crippen molar-refractivity contribution < 1.29 is 4.42 Å². The predicted octanol–water partition coefficient (Wildman–Crippen LogP) is 6.30. The molecule has 6 aromatic rings. The Kier molecular flexibility index (Phi) is 3.60. The van der Waals surface area contributed by atoms with E-state index in [1.54, 1.807) is 6.07 Å². The predicted molar refractivity (Wildman–Crippen MR) is 122 cm³/mol. The number of nitriles is 3. The number of hydrogen-bond acceptors (Lipinski definition) is 4. The molecule has 146 valence electrons. The van der Waals surface area contributed by atoms with Gasteiger partial charge in [0, 0.05) is 21.5 Å². The van der Waals surface area contributed by atoms with Gasteiger partial charge >= 0.3 is 0 Å². The quantitative estimate of drug-likeness (QED) is 0.319. The van der Waals surface area contributed by atoms with Gasteiger partial charge in [-0.1, -0.05) is 54.6 Å². The molecule has 0 radical (unpaired) electrons. The molecule has 0 N–H and O–H groups in total. The summed E-state index contributed by atoms with van der Waals surface area (Å²) in [5, 5.41) is 33.8. The maximum absolute atomic E-state index is 10.3. The zero-order valence-corrected chi connectivity index (χ0v) is 16.6. The van der Waals surface area contributed by atoms with Crippen LogP contribution in [0.1, 0.15) is 16.7 Å². The molecule has 2 heterocycles. The van der Waals surface area contributed by atoms with E-state index in [4.69, 9.17) is 4.42 Å². The van der Waals surface area contributed by atoms with Crippen LogP contribution in [0.25, 0.3) is 49.4 Å². The molecule has 0 amide bonds. The lowest BCUT2D eigenvalue weighted by atomic mass is 9.96. The first-order chi connectivity index (χ1) is 15.8. The highest BCUT2D eigenvalue weighted by Crippen LogP contribution is 2.41. The van der Waals surface area contributed by atoms with Gasteiger partial charge in [0.05, 0.1) is 27.8 Å². The molecule has 0 saturated carbocycles. The van der Waals surface area contributed by atoms with E-state index in [2.05, 4.69) is 18.2 Å². The molecule has 4 aromatic carbocycles. The molecule has 5 heteroatoms. The largest absolute Gasteiger partial charge is 0.455 e. The van der Waals surface area contributed by atoms with Gasteiger partial charge in [0.1, 0.15) is 29.4 Å². The van der Waals surface area contributed by atoms with Gasteiger partial charge in [-0.25, -0.2) is 0 Å². The van der Waals surface area contributed by atoms with Crippen molar-refractivity contribution in [2.24, 2.45) is 0 Å². The summed E-state index contributed by atoms with van der Waals surface area (Å²) in [6.07, 6.45) is 0. The van der Waals surface area contributed by atoms with Crippen molar-refractivity contribution in [2.75, 3.05) is 0 Å². The first-order valence-corrected chi connectivity index (χ1v) is 9.98. The van der Waals surface area contributed by atoms with Crippen LogP contribution in [0.15, 0.2) is 77.2 Å². The molecular formula is C27H12N4O. The van der Waals surface area contributed by atoms with Crippen LogP contribution in [-0.4, -0.2) is 4.57 Å². The van der Waals surface area contributed by atoms with E-state index in [0.717, 1.165) is 21.8 Å². The maximum atomic E-state index is 10.3. The molecule has 0 spiro atoms. The Morgan fingerprint density at radius 1 is 0.594 bits per heavy atom. The molecule has 0 bridgehead atoms. The van der Waals surface area contributed by atoms with Gasteiger partial charge in [-0.15, -0.1) is 0 Å². The fourth-order valence-corrected chi connectivity index (χ4v) is 4.66. The van der Waals surface area contributed by atoms with Crippen molar-refractivity contribution in [3.8, 4) is 23.9 Å². The molecule has 5 nitrogen and oxygen atoms in total. The minimum absolute atomic E-state index is 0.162. The lowest BCUT2D eigenvalue weighted by molar-refractivity contribution is 0.667. The van der Waals surface area contributed by atoms with Crippen molar-refractivity contribution in [3.63, 3.8) is 0 Å². The van der Waals surface area contributed by atoms with E-state index in [0.29, 0.717) is 27.6 Å². The third-order valence-corrected chi connectivity index (χ3v) is 5.94. The molecule has 2 aromatic heterocycles. The second-order valence-electron chi connectivity index (χ2n) is 7.48. The number of aromatic nitrogens is 1. The maximum Gasteiger partial charge on any atom is 0.156 e. The molecule has 0 aliphatic rings. The average Bonchev–Trinajstić information content (AvgIpc) is 3.38. The summed E-state index contributed by atoms with van der Waals surface area (Å²) in [5.74, 6) is 0. The Hall–Kier alpha value is -5.05. The Morgan fingerprint density at radius 2 is 1.12 bits per heavy atom. The van der Waals surface area contributed by atoms with Gasteiger partial charge in [-0.3, -0.25) is 0 Å². The summed E-state index contributed by atoms with van der Waals surface area (Å²) in [7, 11) is 0. The first-order valence-electron chi connectivity index (χ1n) is 9.98. The summed E-state index contributed by atoms with van der Waals surface area (Å²) in [4.78, 5) is 0. The van der Waals surface area contributed by atoms with Crippen LogP contribution in [0.5, 0.6) is 0 Å². The van der Waals surface area contributed by atoms with E-state index in [-0.39, 0.29) is 16.7 Å². The van der Waals surface area contributed by atoms with E-state index in [9.17, 15) is 15.8 Å². The van der Waals surface area contributed by atoms with Gasteiger partial charge in [-0.2, -0.15) is 15.8 Å². The van der Waals surface area contributed by atoms with Gasteiger partial charge < -0.3 is 8.98 Å². The van der Waals surface area contributed by atoms with Gasteiger partial charge in [0.25, 0.3) is 0 Å². The fraction of sp³-hybridized carbons (Fsp3) is 0. The Bertz CT molecular complexity index is 1810. The molecule has 0 unspecified atom stereocenters. The lowest BCUT2D eigenvalue weighted by Crippen LogP contribution is -2.04. The number of nitrogens with zero attached hydrogens (tertiary/aromatic N) is 4. The van der Waals surface area contributed by atoms with Crippen LogP contribution >= 0.6 is 0 Å². The van der Waals surface area contributed by atoms with Crippen molar-refractivity contribution >= 4 is 43.7 Å². The zero-order valence-electron chi connectivity index (χ0n) is 16.6. The summed E-state index contributed by atoms with van der Waals surface area (Å²) < 4.78 is 7.98. The highest BCUT2D eigenvalue weighted by molar-refractivity contribution is 6.14. The van der Waals surface area contributed by atoms with Crippen molar-refractivity contribution in [1.82, 2.24) is 4.57 Å². The normalized spacial score (nSPS) is 11.0. The van der Waals surface area contributed by atoms with Gasteiger partial charge in [-0.05, 0) is 18.2 Å². The van der Waals surface area contributed by atoms with E-state index in [1.807, 2.05) is 71.3 Å². The van der Waals surface area contributed by atoms with Crippen LogP contribution in [0.4, 0.5) is 0 Å². The van der Waals surface area contributed by atoms with E-state index >= 15 is 0 Å². The topological polar surface area (TPSA) is 89.4 Å². The summed E-state index contributed by atoms with van der Waals surface area (Å²) in [6.45, 7) is 0. The van der Waals surface area contributed by atoms with Crippen molar-refractivity contribution in [2.45, 2.75) is 0 Å². The van der Waals surface area contributed by atoms with Gasteiger partial charge in [0.15, 0.2) is 5.58 Å². The summed E-state index contributed by atoms with van der Waals surface area (Å²) in [5.41, 5.74) is 3.56. The highest BCUT2D eigenvalue weighted by atomic mass is 16.3. The standard InChI is InChI=1S/C27H12N4O/c28-13-19-20(14-29)26(21(15-30)27-25(19)18-9-3-6-12-24(18)32-27)31-22-10-4-1-7-16(22)17-8-2-5-11-23(17)31/h1-12H. The minimum Gasteiger partial charge on any atom is -0.455 e. The minimum atomic E-state index is 0.162. The number of hydrogen-bond donors (Lipinski definition) is 0.